The average Bonchev–Trinajstić information content (AvgIpc) is 3.55. The Morgan fingerprint density at radius 3 is 1.31 bits per heavy atom. The highest BCUT2D eigenvalue weighted by Crippen LogP contribution is 2.48. The fourth-order valence-corrected chi connectivity index (χ4v) is 8.43. The van der Waals surface area contributed by atoms with Crippen LogP contribution in [-0.4, -0.2) is 4.57 Å². The Labute approximate surface area is 321 Å². The molecule has 0 N–H and O–H groups in total. The van der Waals surface area contributed by atoms with Gasteiger partial charge in [-0.2, -0.15) is 0 Å². The molecular weight excluding hydrogens is 667 g/mol. The monoisotopic (exact) mass is 705 g/mol. The number of para-hydroxylation sites is 2. The minimum atomic E-state index is 0.670. The van der Waals surface area contributed by atoms with Crippen LogP contribution in [0.3, 0.4) is 0 Å². The van der Waals surface area contributed by atoms with Crippen molar-refractivity contribution in [2.75, 3.05) is 9.80 Å². The van der Waals surface area contributed by atoms with Crippen molar-refractivity contribution >= 4 is 77.5 Å². The molecule has 55 heavy (non-hydrogen) atoms. The first kappa shape index (κ1) is 32.5. The maximum atomic E-state index is 2.53. The normalized spacial score (nSPS) is 11.4. The molecule has 1 aromatic heterocycles. The summed E-state index contributed by atoms with van der Waals surface area (Å²) in [6.07, 6.45) is 0. The third-order valence-corrected chi connectivity index (χ3v) is 10.9. The lowest BCUT2D eigenvalue weighted by molar-refractivity contribution is 0.797. The summed E-state index contributed by atoms with van der Waals surface area (Å²) in [5, 5.41) is 9.83. The minimum absolute atomic E-state index is 0.670. The zero-order chi connectivity index (χ0) is 36.7. The lowest BCUT2D eigenvalue weighted by Crippen LogP contribution is -2.20. The molecule has 9 aromatic carbocycles. The van der Waals surface area contributed by atoms with Crippen LogP contribution < -0.4 is 9.80 Å². The Kier molecular flexibility index (Phi) is 8.11. The van der Waals surface area contributed by atoms with Crippen molar-refractivity contribution in [2.24, 2.45) is 0 Å². The van der Waals surface area contributed by atoms with Crippen LogP contribution in [0.2, 0.25) is 0 Å². The van der Waals surface area contributed by atoms with E-state index in [-0.39, 0.29) is 0 Å². The number of aryl methyl sites for hydroxylation is 1. The van der Waals surface area contributed by atoms with Crippen LogP contribution in [0.5, 0.6) is 0 Å². The Morgan fingerprint density at radius 1 is 0.382 bits per heavy atom. The first-order valence-electron chi connectivity index (χ1n) is 19.0. The smallest absolute Gasteiger partial charge is 0.122 e. The third-order valence-electron chi connectivity index (χ3n) is 10.9. The van der Waals surface area contributed by atoms with Gasteiger partial charge < -0.3 is 4.57 Å². The van der Waals surface area contributed by atoms with Crippen molar-refractivity contribution in [3.8, 4) is 0 Å². The highest BCUT2D eigenvalue weighted by atomic mass is 15.3. The fourth-order valence-electron chi connectivity index (χ4n) is 8.43. The van der Waals surface area contributed by atoms with Gasteiger partial charge in [-0.15, -0.1) is 0 Å². The molecule has 10 aromatic rings. The molecule has 0 amide bonds. The van der Waals surface area contributed by atoms with Gasteiger partial charge in [-0.3, -0.25) is 9.80 Å². The van der Waals surface area contributed by atoms with E-state index in [1.165, 1.54) is 54.2 Å². The molecule has 0 spiro atoms. The van der Waals surface area contributed by atoms with E-state index in [9.17, 15) is 0 Å². The molecule has 0 aliphatic carbocycles. The summed E-state index contributed by atoms with van der Waals surface area (Å²) in [6.45, 7) is 2.93. The van der Waals surface area contributed by atoms with Crippen molar-refractivity contribution in [2.45, 2.75) is 13.5 Å². The molecule has 1 heterocycles. The standard InChI is InChI=1S/C52H39N3/c1-37-33-51(54(41-23-7-3-8-24-41)49-34-39-21-11-13-27-43(39)45-29-15-17-31-47(45)49)53(36-38-19-5-2-6-20-38)52(37)55(42-25-9-4-10-26-42)50-35-40-22-12-14-28-44(40)46-30-16-18-32-48(46)50/h2-35H,36H2,1H3. The summed E-state index contributed by atoms with van der Waals surface area (Å²) in [4.78, 5) is 4.95. The largest absolute Gasteiger partial charge is 0.309 e. The molecule has 0 aliphatic heterocycles. The fraction of sp³-hybridized carbons (Fsp3) is 0.0385. The topological polar surface area (TPSA) is 11.4 Å². The Morgan fingerprint density at radius 2 is 0.782 bits per heavy atom. The maximum absolute atomic E-state index is 2.53. The van der Waals surface area contributed by atoms with Crippen LogP contribution in [0.1, 0.15) is 11.1 Å². The predicted molar refractivity (Wildman–Crippen MR) is 234 cm³/mol. The van der Waals surface area contributed by atoms with E-state index in [0.29, 0.717) is 6.54 Å². The van der Waals surface area contributed by atoms with E-state index in [4.69, 9.17) is 0 Å². The molecule has 262 valence electrons. The summed E-state index contributed by atoms with van der Waals surface area (Å²) in [5.41, 5.74) is 6.90. The zero-order valence-electron chi connectivity index (χ0n) is 30.7. The SMILES string of the molecule is Cc1cc(N(c2ccccc2)c2cc3ccccc3c3ccccc23)n(Cc2ccccc2)c1N(c1ccccc1)c1cc2ccccc2c2ccccc12. The number of hydrogen-bond acceptors (Lipinski definition) is 2. The highest BCUT2D eigenvalue weighted by molar-refractivity contribution is 6.16. The van der Waals surface area contributed by atoms with Crippen molar-refractivity contribution in [1.29, 1.82) is 0 Å². The van der Waals surface area contributed by atoms with Crippen LogP contribution in [0, 0.1) is 6.92 Å². The van der Waals surface area contributed by atoms with Crippen LogP contribution in [0.4, 0.5) is 34.4 Å². The molecule has 0 fully saturated rings. The van der Waals surface area contributed by atoms with Crippen molar-refractivity contribution < 1.29 is 0 Å². The molecule has 0 saturated heterocycles. The second-order valence-electron chi connectivity index (χ2n) is 14.2. The summed E-state index contributed by atoms with van der Waals surface area (Å²) >= 11 is 0. The molecule has 3 heteroatoms. The van der Waals surface area contributed by atoms with Crippen molar-refractivity contribution in [3.63, 3.8) is 0 Å². The van der Waals surface area contributed by atoms with Gasteiger partial charge in [0.2, 0.25) is 0 Å². The molecule has 3 nitrogen and oxygen atoms in total. The summed E-state index contributed by atoms with van der Waals surface area (Å²) in [7, 11) is 0. The molecule has 0 atom stereocenters. The predicted octanol–water partition coefficient (Wildman–Crippen LogP) is 14.4. The molecule has 0 aliphatic rings. The van der Waals surface area contributed by atoms with E-state index >= 15 is 0 Å². The molecule has 0 saturated carbocycles. The van der Waals surface area contributed by atoms with Gasteiger partial charge in [0.1, 0.15) is 11.6 Å². The zero-order valence-corrected chi connectivity index (χ0v) is 30.7. The molecule has 0 radical (unpaired) electrons. The summed E-state index contributed by atoms with van der Waals surface area (Å²) in [5.74, 6) is 2.21. The van der Waals surface area contributed by atoms with E-state index in [1.54, 1.807) is 0 Å². The number of aromatic nitrogens is 1. The number of hydrogen-bond donors (Lipinski definition) is 0. The minimum Gasteiger partial charge on any atom is -0.309 e. The van der Waals surface area contributed by atoms with E-state index in [0.717, 1.165) is 34.4 Å². The summed E-state index contributed by atoms with van der Waals surface area (Å²) < 4.78 is 2.53. The third kappa shape index (κ3) is 5.69. The Balaban J connectivity index is 1.31. The van der Waals surface area contributed by atoms with Gasteiger partial charge in [0.15, 0.2) is 0 Å². The van der Waals surface area contributed by atoms with Crippen molar-refractivity contribution in [1.82, 2.24) is 4.57 Å². The van der Waals surface area contributed by atoms with E-state index in [1.807, 2.05) is 0 Å². The lowest BCUT2D eigenvalue weighted by atomic mass is 9.99. The number of anilines is 6. The Bertz CT molecular complexity index is 2970. The number of rotatable bonds is 8. The Hall–Kier alpha value is -7.10. The maximum Gasteiger partial charge on any atom is 0.122 e. The molecular formula is C52H39N3. The summed E-state index contributed by atoms with van der Waals surface area (Å²) in [6, 6.07) is 74.8. The number of fused-ring (bicyclic) bond motifs is 6. The second-order valence-corrected chi connectivity index (χ2v) is 14.2. The van der Waals surface area contributed by atoms with Crippen molar-refractivity contribution in [3.05, 3.63) is 217 Å². The van der Waals surface area contributed by atoms with Crippen LogP contribution in [-0.2, 0) is 6.54 Å². The van der Waals surface area contributed by atoms with Crippen LogP contribution in [0.25, 0.3) is 43.1 Å². The highest BCUT2D eigenvalue weighted by Gasteiger charge is 2.28. The molecule has 0 unspecified atom stereocenters. The van der Waals surface area contributed by atoms with Crippen LogP contribution >= 0.6 is 0 Å². The van der Waals surface area contributed by atoms with Gasteiger partial charge in [0, 0.05) is 22.1 Å². The van der Waals surface area contributed by atoms with Gasteiger partial charge >= 0.3 is 0 Å². The van der Waals surface area contributed by atoms with Gasteiger partial charge in [0.25, 0.3) is 0 Å². The second kappa shape index (κ2) is 13.7. The lowest BCUT2D eigenvalue weighted by Gasteiger charge is -2.32. The number of benzene rings is 9. The van der Waals surface area contributed by atoms with E-state index < -0.39 is 0 Å². The molecule has 10 rings (SSSR count). The van der Waals surface area contributed by atoms with Gasteiger partial charge in [-0.25, -0.2) is 0 Å². The van der Waals surface area contributed by atoms with Gasteiger partial charge in [0.05, 0.1) is 17.9 Å². The number of nitrogens with zero attached hydrogens (tertiary/aromatic N) is 3. The first-order chi connectivity index (χ1) is 27.2. The van der Waals surface area contributed by atoms with E-state index in [2.05, 4.69) is 228 Å². The first-order valence-corrected chi connectivity index (χ1v) is 19.0. The average molecular weight is 706 g/mol. The molecule has 0 bridgehead atoms. The van der Waals surface area contributed by atoms with Gasteiger partial charge in [-0.05, 0) is 92.8 Å². The van der Waals surface area contributed by atoms with Crippen LogP contribution in [0.15, 0.2) is 206 Å². The van der Waals surface area contributed by atoms with Gasteiger partial charge in [-0.1, -0.05) is 164 Å². The quantitative estimate of drug-likeness (QED) is 0.146.